The van der Waals surface area contributed by atoms with Crippen LogP contribution >= 0.6 is 11.3 Å². The van der Waals surface area contributed by atoms with Crippen molar-refractivity contribution >= 4 is 34.3 Å². The average molecular weight is 422 g/mol. The Morgan fingerprint density at radius 3 is 2.40 bits per heavy atom. The Morgan fingerprint density at radius 2 is 1.77 bits per heavy atom. The van der Waals surface area contributed by atoms with Crippen LogP contribution < -0.4 is 10.1 Å². The minimum atomic E-state index is -0.470. The lowest BCUT2D eigenvalue weighted by Gasteiger charge is -2.08. The molecule has 0 spiro atoms. The SMILES string of the molecule is CCOC(=O)c1c(-c2ccc(OC)cc2)csc1NC(=O)C=Cc1ccc(C)cc1. The Hall–Kier alpha value is -3.38. The average Bonchev–Trinajstić information content (AvgIpc) is 3.17. The molecule has 0 aliphatic carbocycles. The van der Waals surface area contributed by atoms with E-state index in [9.17, 15) is 9.59 Å². The van der Waals surface area contributed by atoms with Crippen LogP contribution in [-0.4, -0.2) is 25.6 Å². The lowest BCUT2D eigenvalue weighted by Crippen LogP contribution is -2.12. The molecule has 0 radical (unpaired) electrons. The van der Waals surface area contributed by atoms with E-state index < -0.39 is 5.97 Å². The molecule has 3 aromatic rings. The van der Waals surface area contributed by atoms with Gasteiger partial charge in [-0.2, -0.15) is 0 Å². The van der Waals surface area contributed by atoms with E-state index in [2.05, 4.69) is 5.32 Å². The standard InChI is InChI=1S/C24H23NO4S/c1-4-29-24(27)22-20(18-10-12-19(28-3)13-11-18)15-30-23(22)25-21(26)14-9-17-7-5-16(2)6-8-17/h5-15H,4H2,1-3H3,(H,25,26). The van der Waals surface area contributed by atoms with Crippen molar-refractivity contribution < 1.29 is 19.1 Å². The molecular weight excluding hydrogens is 398 g/mol. The number of anilines is 1. The number of hydrogen-bond acceptors (Lipinski definition) is 5. The van der Waals surface area contributed by atoms with Gasteiger partial charge in [0.15, 0.2) is 0 Å². The van der Waals surface area contributed by atoms with Crippen molar-refractivity contribution in [3.63, 3.8) is 0 Å². The van der Waals surface area contributed by atoms with Gasteiger partial charge in [-0.05, 0) is 43.2 Å². The smallest absolute Gasteiger partial charge is 0.341 e. The Kier molecular flexibility index (Phi) is 7.03. The normalized spacial score (nSPS) is 10.8. The van der Waals surface area contributed by atoms with Crippen LogP contribution in [0.3, 0.4) is 0 Å². The molecule has 1 aromatic heterocycles. The first-order valence-electron chi connectivity index (χ1n) is 9.50. The highest BCUT2D eigenvalue weighted by molar-refractivity contribution is 7.15. The summed E-state index contributed by atoms with van der Waals surface area (Å²) in [5, 5.41) is 5.11. The van der Waals surface area contributed by atoms with Crippen molar-refractivity contribution in [1.29, 1.82) is 0 Å². The first kappa shape index (κ1) is 21.3. The minimum Gasteiger partial charge on any atom is -0.497 e. The van der Waals surface area contributed by atoms with Crippen molar-refractivity contribution in [1.82, 2.24) is 0 Å². The minimum absolute atomic E-state index is 0.247. The number of amides is 1. The van der Waals surface area contributed by atoms with E-state index in [1.165, 1.54) is 17.4 Å². The van der Waals surface area contributed by atoms with Crippen molar-refractivity contribution in [2.75, 3.05) is 19.0 Å². The number of hydrogen-bond donors (Lipinski definition) is 1. The molecule has 0 saturated heterocycles. The van der Waals surface area contributed by atoms with Crippen LogP contribution in [0.1, 0.15) is 28.4 Å². The summed E-state index contributed by atoms with van der Waals surface area (Å²) in [6.45, 7) is 4.01. The molecule has 0 fully saturated rings. The summed E-state index contributed by atoms with van der Waals surface area (Å²) < 4.78 is 10.4. The summed E-state index contributed by atoms with van der Waals surface area (Å²) in [5.41, 5.74) is 3.97. The van der Waals surface area contributed by atoms with E-state index in [-0.39, 0.29) is 12.5 Å². The highest BCUT2D eigenvalue weighted by atomic mass is 32.1. The molecule has 1 heterocycles. The van der Waals surface area contributed by atoms with Gasteiger partial charge in [0, 0.05) is 17.0 Å². The molecule has 0 bridgehead atoms. The largest absolute Gasteiger partial charge is 0.497 e. The van der Waals surface area contributed by atoms with Crippen molar-refractivity contribution in [2.45, 2.75) is 13.8 Å². The summed E-state index contributed by atoms with van der Waals surface area (Å²) in [4.78, 5) is 25.1. The third kappa shape index (κ3) is 5.15. The maximum atomic E-state index is 12.6. The third-order valence-corrected chi connectivity index (χ3v) is 5.31. The van der Waals surface area contributed by atoms with E-state index in [4.69, 9.17) is 9.47 Å². The van der Waals surface area contributed by atoms with Crippen LogP contribution in [0.4, 0.5) is 5.00 Å². The number of ether oxygens (including phenoxy) is 2. The van der Waals surface area contributed by atoms with E-state index in [0.717, 1.165) is 22.4 Å². The quantitative estimate of drug-likeness (QED) is 0.401. The molecule has 154 valence electrons. The summed E-state index contributed by atoms with van der Waals surface area (Å²) in [6, 6.07) is 15.2. The first-order valence-corrected chi connectivity index (χ1v) is 10.4. The van der Waals surface area contributed by atoms with Crippen molar-refractivity contribution in [3.05, 3.63) is 76.7 Å². The van der Waals surface area contributed by atoms with Crippen LogP contribution in [0.25, 0.3) is 17.2 Å². The van der Waals surface area contributed by atoms with Gasteiger partial charge in [-0.25, -0.2) is 4.79 Å². The number of carbonyl (C=O) groups is 2. The van der Waals surface area contributed by atoms with Gasteiger partial charge < -0.3 is 14.8 Å². The molecular formula is C24H23NO4S. The molecule has 2 aromatic carbocycles. The zero-order chi connectivity index (χ0) is 21.5. The highest BCUT2D eigenvalue weighted by Crippen LogP contribution is 2.36. The lowest BCUT2D eigenvalue weighted by molar-refractivity contribution is -0.111. The topological polar surface area (TPSA) is 64.6 Å². The molecule has 1 amide bonds. The molecule has 0 atom stereocenters. The summed E-state index contributed by atoms with van der Waals surface area (Å²) in [7, 11) is 1.60. The summed E-state index contributed by atoms with van der Waals surface area (Å²) in [6.07, 6.45) is 3.18. The van der Waals surface area contributed by atoms with Crippen molar-refractivity contribution in [3.8, 4) is 16.9 Å². The van der Waals surface area contributed by atoms with E-state index in [1.807, 2.05) is 60.8 Å². The fourth-order valence-electron chi connectivity index (χ4n) is 2.84. The van der Waals surface area contributed by atoms with E-state index >= 15 is 0 Å². The van der Waals surface area contributed by atoms with Gasteiger partial charge in [0.05, 0.1) is 13.7 Å². The van der Waals surface area contributed by atoms with Gasteiger partial charge in [-0.3, -0.25) is 4.79 Å². The summed E-state index contributed by atoms with van der Waals surface area (Å²) in [5.74, 6) is -0.0620. The fourth-order valence-corrected chi connectivity index (χ4v) is 3.80. The number of carbonyl (C=O) groups excluding carboxylic acids is 2. The molecule has 5 nitrogen and oxygen atoms in total. The van der Waals surface area contributed by atoms with Crippen LogP contribution in [0.2, 0.25) is 0 Å². The molecule has 0 saturated carbocycles. The predicted molar refractivity (Wildman–Crippen MR) is 121 cm³/mol. The van der Waals surface area contributed by atoms with Crippen LogP contribution in [0, 0.1) is 6.92 Å². The molecule has 6 heteroatoms. The number of rotatable bonds is 7. The van der Waals surface area contributed by atoms with Crippen molar-refractivity contribution in [2.24, 2.45) is 0 Å². The number of esters is 1. The van der Waals surface area contributed by atoms with Crippen LogP contribution in [0.15, 0.2) is 60.0 Å². The van der Waals surface area contributed by atoms with Crippen LogP contribution in [0.5, 0.6) is 5.75 Å². The molecule has 0 aliphatic heterocycles. The Morgan fingerprint density at radius 1 is 1.07 bits per heavy atom. The number of thiophene rings is 1. The molecule has 0 aliphatic rings. The van der Waals surface area contributed by atoms with Gasteiger partial charge in [-0.15, -0.1) is 11.3 Å². The number of methoxy groups -OCH3 is 1. The third-order valence-electron chi connectivity index (χ3n) is 4.41. The first-order chi connectivity index (χ1) is 14.5. The van der Waals surface area contributed by atoms with Gasteiger partial charge in [-0.1, -0.05) is 42.0 Å². The zero-order valence-electron chi connectivity index (χ0n) is 17.1. The second-order valence-electron chi connectivity index (χ2n) is 6.54. The van der Waals surface area contributed by atoms with Crippen LogP contribution in [-0.2, 0) is 9.53 Å². The number of aryl methyl sites for hydroxylation is 1. The maximum Gasteiger partial charge on any atom is 0.341 e. The Labute approximate surface area is 180 Å². The summed E-state index contributed by atoms with van der Waals surface area (Å²) >= 11 is 1.29. The zero-order valence-corrected chi connectivity index (χ0v) is 17.9. The molecule has 1 N–H and O–H groups in total. The molecule has 0 unspecified atom stereocenters. The molecule has 30 heavy (non-hydrogen) atoms. The second-order valence-corrected chi connectivity index (χ2v) is 7.42. The van der Waals surface area contributed by atoms with E-state index in [0.29, 0.717) is 16.1 Å². The highest BCUT2D eigenvalue weighted by Gasteiger charge is 2.22. The monoisotopic (exact) mass is 421 g/mol. The lowest BCUT2D eigenvalue weighted by atomic mass is 10.0. The van der Waals surface area contributed by atoms with Gasteiger partial charge in [0.1, 0.15) is 16.3 Å². The Bertz CT molecular complexity index is 1050. The number of benzene rings is 2. The van der Waals surface area contributed by atoms with Gasteiger partial charge >= 0.3 is 5.97 Å². The van der Waals surface area contributed by atoms with Gasteiger partial charge in [0.2, 0.25) is 5.91 Å². The fraction of sp³-hybridized carbons (Fsp3) is 0.167. The number of nitrogens with one attached hydrogen (secondary N) is 1. The Balaban J connectivity index is 1.86. The maximum absolute atomic E-state index is 12.6. The van der Waals surface area contributed by atoms with E-state index in [1.54, 1.807) is 20.1 Å². The van der Waals surface area contributed by atoms with Gasteiger partial charge in [0.25, 0.3) is 0 Å². The second kappa shape index (κ2) is 9.89. The predicted octanol–water partition coefficient (Wildman–Crippen LogP) is 5.56. The molecule has 3 rings (SSSR count).